The van der Waals surface area contributed by atoms with E-state index in [0.29, 0.717) is 6.54 Å². The van der Waals surface area contributed by atoms with Gasteiger partial charge in [0.25, 0.3) is 0 Å². The number of hydrogen-bond donors (Lipinski definition) is 1. The maximum atomic E-state index is 10.4. The quantitative estimate of drug-likeness (QED) is 0.789. The lowest BCUT2D eigenvalue weighted by atomic mass is 10.2. The van der Waals surface area contributed by atoms with Gasteiger partial charge in [0.2, 0.25) is 0 Å². The summed E-state index contributed by atoms with van der Waals surface area (Å²) in [6.07, 6.45) is 2.81. The fourth-order valence-electron chi connectivity index (χ4n) is 1.32. The number of nitrogens with zero attached hydrogens (tertiary/aromatic N) is 2. The predicted octanol–water partition coefficient (Wildman–Crippen LogP) is 1.16. The maximum absolute atomic E-state index is 10.4. The van der Waals surface area contributed by atoms with E-state index in [2.05, 4.69) is 11.9 Å². The van der Waals surface area contributed by atoms with Crippen LogP contribution in [0, 0.1) is 0 Å². The lowest BCUT2D eigenvalue weighted by Crippen LogP contribution is -2.25. The molecule has 4 nitrogen and oxygen atoms in total. The van der Waals surface area contributed by atoms with E-state index in [1.54, 1.807) is 11.9 Å². The molecule has 0 aliphatic rings. The Morgan fingerprint density at radius 2 is 2.27 bits per heavy atom. The first kappa shape index (κ1) is 11.7. The van der Waals surface area contributed by atoms with Crippen molar-refractivity contribution in [3.05, 3.63) is 29.6 Å². The molecule has 1 N–H and O–H groups in total. The molecule has 0 spiro atoms. The molecule has 0 unspecified atom stereocenters. The highest BCUT2D eigenvalue weighted by Gasteiger charge is 2.05. The van der Waals surface area contributed by atoms with Crippen LogP contribution in [0.5, 0.6) is 0 Å². The number of rotatable bonds is 5. The number of pyridine rings is 1. The van der Waals surface area contributed by atoms with Crippen LogP contribution in [0.1, 0.15) is 18.2 Å². The molecule has 0 saturated heterocycles. The molecule has 1 heterocycles. The van der Waals surface area contributed by atoms with Gasteiger partial charge in [0, 0.05) is 12.7 Å². The minimum atomic E-state index is -0.817. The Morgan fingerprint density at radius 3 is 2.73 bits per heavy atom. The number of hydrogen-bond acceptors (Lipinski definition) is 3. The van der Waals surface area contributed by atoms with E-state index in [-0.39, 0.29) is 6.54 Å². The van der Waals surface area contributed by atoms with Crippen molar-refractivity contribution < 1.29 is 9.90 Å². The second-order valence-corrected chi connectivity index (χ2v) is 3.58. The van der Waals surface area contributed by atoms with Gasteiger partial charge >= 0.3 is 5.97 Å². The summed E-state index contributed by atoms with van der Waals surface area (Å²) < 4.78 is 0. The van der Waals surface area contributed by atoms with E-state index in [4.69, 9.17) is 5.11 Å². The van der Waals surface area contributed by atoms with E-state index in [1.165, 1.54) is 5.56 Å². The number of aliphatic carboxylic acids is 1. The molecule has 1 aromatic rings. The highest BCUT2D eigenvalue weighted by molar-refractivity contribution is 5.68. The van der Waals surface area contributed by atoms with Crippen LogP contribution in [-0.2, 0) is 17.8 Å². The van der Waals surface area contributed by atoms with Gasteiger partial charge in [-0.25, -0.2) is 0 Å². The first-order chi connectivity index (χ1) is 7.11. The first-order valence-corrected chi connectivity index (χ1v) is 4.96. The van der Waals surface area contributed by atoms with Crippen molar-refractivity contribution in [2.45, 2.75) is 19.9 Å². The standard InChI is InChI=1S/C11H16N2O2/c1-3-9-4-5-10(12-6-9)7-13(2)8-11(14)15/h4-6H,3,7-8H2,1-2H3,(H,14,15). The van der Waals surface area contributed by atoms with E-state index in [1.807, 2.05) is 18.3 Å². The van der Waals surface area contributed by atoms with Crippen molar-refractivity contribution in [1.29, 1.82) is 0 Å². The lowest BCUT2D eigenvalue weighted by molar-refractivity contribution is -0.138. The number of aromatic nitrogens is 1. The summed E-state index contributed by atoms with van der Waals surface area (Å²) in [5.74, 6) is -0.817. The first-order valence-electron chi connectivity index (χ1n) is 4.96. The van der Waals surface area contributed by atoms with Gasteiger partial charge in [0.05, 0.1) is 12.2 Å². The van der Waals surface area contributed by atoms with Gasteiger partial charge in [-0.15, -0.1) is 0 Å². The summed E-state index contributed by atoms with van der Waals surface area (Å²) in [4.78, 5) is 16.4. The van der Waals surface area contributed by atoms with E-state index >= 15 is 0 Å². The van der Waals surface area contributed by atoms with Crippen LogP contribution in [0.15, 0.2) is 18.3 Å². The normalized spacial score (nSPS) is 10.6. The van der Waals surface area contributed by atoms with Crippen LogP contribution >= 0.6 is 0 Å². The Bertz CT molecular complexity index is 322. The SMILES string of the molecule is CCc1ccc(CN(C)CC(=O)O)nc1. The topological polar surface area (TPSA) is 53.4 Å². The molecule has 4 heteroatoms. The second kappa shape index (κ2) is 5.46. The Labute approximate surface area is 89.6 Å². The van der Waals surface area contributed by atoms with Crippen LogP contribution in [0.25, 0.3) is 0 Å². The molecule has 15 heavy (non-hydrogen) atoms. The predicted molar refractivity (Wildman–Crippen MR) is 57.6 cm³/mol. The Kier molecular flexibility index (Phi) is 4.24. The monoisotopic (exact) mass is 208 g/mol. The number of carboxylic acids is 1. The molecule has 1 rings (SSSR count). The third-order valence-electron chi connectivity index (χ3n) is 2.13. The molecule has 0 aromatic carbocycles. The van der Waals surface area contributed by atoms with Crippen molar-refractivity contribution in [2.24, 2.45) is 0 Å². The van der Waals surface area contributed by atoms with Crippen LogP contribution in [-0.4, -0.2) is 34.6 Å². The maximum Gasteiger partial charge on any atom is 0.317 e. The van der Waals surface area contributed by atoms with Gasteiger partial charge in [-0.3, -0.25) is 14.7 Å². The van der Waals surface area contributed by atoms with Crippen molar-refractivity contribution in [2.75, 3.05) is 13.6 Å². The number of carbonyl (C=O) groups is 1. The lowest BCUT2D eigenvalue weighted by Gasteiger charge is -2.13. The summed E-state index contributed by atoms with van der Waals surface area (Å²) >= 11 is 0. The third kappa shape index (κ3) is 4.08. The zero-order chi connectivity index (χ0) is 11.3. The molecule has 0 saturated carbocycles. The molecule has 0 bridgehead atoms. The summed E-state index contributed by atoms with van der Waals surface area (Å²) in [5, 5.41) is 8.58. The fraction of sp³-hybridized carbons (Fsp3) is 0.455. The van der Waals surface area contributed by atoms with Crippen LogP contribution in [0.4, 0.5) is 0 Å². The van der Waals surface area contributed by atoms with Gasteiger partial charge in [-0.2, -0.15) is 0 Å². The Morgan fingerprint density at radius 1 is 1.53 bits per heavy atom. The van der Waals surface area contributed by atoms with E-state index in [0.717, 1.165) is 12.1 Å². The average molecular weight is 208 g/mol. The van der Waals surface area contributed by atoms with Crippen LogP contribution in [0.3, 0.4) is 0 Å². The van der Waals surface area contributed by atoms with Crippen molar-refractivity contribution in [3.63, 3.8) is 0 Å². The summed E-state index contributed by atoms with van der Waals surface area (Å²) in [7, 11) is 1.77. The summed E-state index contributed by atoms with van der Waals surface area (Å²) in [6.45, 7) is 2.68. The van der Waals surface area contributed by atoms with E-state index in [9.17, 15) is 4.79 Å². The fourth-order valence-corrected chi connectivity index (χ4v) is 1.32. The molecule has 82 valence electrons. The number of carboxylic acid groups (broad SMARTS) is 1. The van der Waals surface area contributed by atoms with Crippen molar-refractivity contribution in [3.8, 4) is 0 Å². The molecule has 0 aliphatic carbocycles. The van der Waals surface area contributed by atoms with Gasteiger partial charge in [0.15, 0.2) is 0 Å². The van der Waals surface area contributed by atoms with E-state index < -0.39 is 5.97 Å². The Hall–Kier alpha value is -1.42. The minimum absolute atomic E-state index is 0.0389. The summed E-state index contributed by atoms with van der Waals surface area (Å²) in [5.41, 5.74) is 2.09. The van der Waals surface area contributed by atoms with Crippen LogP contribution < -0.4 is 0 Å². The Balaban J connectivity index is 2.53. The molecule has 0 amide bonds. The number of likely N-dealkylation sites (N-methyl/N-ethyl adjacent to an activating group) is 1. The van der Waals surface area contributed by atoms with Gasteiger partial charge < -0.3 is 5.11 Å². The van der Waals surface area contributed by atoms with Gasteiger partial charge in [0.1, 0.15) is 0 Å². The smallest absolute Gasteiger partial charge is 0.317 e. The van der Waals surface area contributed by atoms with Crippen LogP contribution in [0.2, 0.25) is 0 Å². The average Bonchev–Trinajstić information content (AvgIpc) is 2.17. The third-order valence-corrected chi connectivity index (χ3v) is 2.13. The molecule has 0 fully saturated rings. The molecular weight excluding hydrogens is 192 g/mol. The molecule has 0 aliphatic heterocycles. The van der Waals surface area contributed by atoms with Gasteiger partial charge in [-0.1, -0.05) is 13.0 Å². The highest BCUT2D eigenvalue weighted by Crippen LogP contribution is 2.03. The van der Waals surface area contributed by atoms with Gasteiger partial charge in [-0.05, 0) is 25.1 Å². The molecular formula is C11H16N2O2. The highest BCUT2D eigenvalue weighted by atomic mass is 16.4. The molecule has 0 radical (unpaired) electrons. The zero-order valence-corrected chi connectivity index (χ0v) is 9.10. The number of aryl methyl sites for hydroxylation is 1. The second-order valence-electron chi connectivity index (χ2n) is 3.58. The zero-order valence-electron chi connectivity index (χ0n) is 9.10. The largest absolute Gasteiger partial charge is 0.480 e. The van der Waals surface area contributed by atoms with Crippen molar-refractivity contribution >= 4 is 5.97 Å². The minimum Gasteiger partial charge on any atom is -0.480 e. The molecule has 1 aromatic heterocycles. The molecule has 0 atom stereocenters. The van der Waals surface area contributed by atoms with Crippen molar-refractivity contribution in [1.82, 2.24) is 9.88 Å². The summed E-state index contributed by atoms with van der Waals surface area (Å²) in [6, 6.07) is 3.97.